The summed E-state index contributed by atoms with van der Waals surface area (Å²) in [5, 5.41) is 27.9. The van der Waals surface area contributed by atoms with E-state index in [2.05, 4.69) is 0 Å². The molecule has 2 aromatic carbocycles. The lowest BCUT2D eigenvalue weighted by molar-refractivity contribution is -0.254. The van der Waals surface area contributed by atoms with Crippen molar-refractivity contribution in [2.75, 3.05) is 5.73 Å². The van der Waals surface area contributed by atoms with Gasteiger partial charge in [-0.1, -0.05) is 24.3 Å². The molecular weight excluding hydrogens is 372 g/mol. The number of carbonyl (C=O) groups is 2. The molecule has 7 heteroatoms. The van der Waals surface area contributed by atoms with Gasteiger partial charge in [-0.2, -0.15) is 0 Å². The van der Waals surface area contributed by atoms with Gasteiger partial charge in [0, 0.05) is 46.8 Å². The van der Waals surface area contributed by atoms with Crippen LogP contribution in [0.1, 0.15) is 17.3 Å². The number of carboxylic acid groups (broad SMARTS) is 2. The molecule has 7 nitrogen and oxygen atoms in total. The number of carboxylic acids is 2. The van der Waals surface area contributed by atoms with Crippen molar-refractivity contribution in [3.63, 3.8) is 0 Å². The first-order valence-corrected chi connectivity index (χ1v) is 8.59. The van der Waals surface area contributed by atoms with E-state index in [1.54, 1.807) is 48.5 Å². The van der Waals surface area contributed by atoms with Gasteiger partial charge >= 0.3 is 0 Å². The van der Waals surface area contributed by atoms with Crippen LogP contribution in [-0.4, -0.2) is 17.0 Å². The number of nitrogens with one attached hydrogen (secondary N) is 1. The van der Waals surface area contributed by atoms with Crippen molar-refractivity contribution in [1.29, 1.82) is 5.41 Å². The van der Waals surface area contributed by atoms with E-state index in [4.69, 9.17) is 25.5 Å². The van der Waals surface area contributed by atoms with Crippen molar-refractivity contribution in [2.24, 2.45) is 0 Å². The molecule has 0 amide bonds. The van der Waals surface area contributed by atoms with Crippen LogP contribution in [0.2, 0.25) is 0 Å². The van der Waals surface area contributed by atoms with Crippen LogP contribution in [-0.2, 0) is 4.79 Å². The van der Waals surface area contributed by atoms with E-state index in [1.165, 1.54) is 6.07 Å². The molecule has 29 heavy (non-hydrogen) atoms. The fraction of sp³-hybridized carbons (Fsp3) is 0.0455. The zero-order valence-electron chi connectivity index (χ0n) is 15.4. The first kappa shape index (κ1) is 19.6. The van der Waals surface area contributed by atoms with E-state index < -0.39 is 11.9 Å². The van der Waals surface area contributed by atoms with Crippen molar-refractivity contribution in [3.8, 4) is 22.5 Å². The van der Waals surface area contributed by atoms with Gasteiger partial charge in [0.2, 0.25) is 0 Å². The van der Waals surface area contributed by atoms with Crippen LogP contribution < -0.4 is 16.2 Å². The Hall–Kier alpha value is -4.13. The van der Waals surface area contributed by atoms with Crippen molar-refractivity contribution < 1.29 is 24.2 Å². The summed E-state index contributed by atoms with van der Waals surface area (Å²) in [6.07, 6.45) is 0. The highest BCUT2D eigenvalue weighted by atomic mass is 16.4. The second-order valence-electron chi connectivity index (χ2n) is 6.30. The molecule has 1 aliphatic carbocycles. The van der Waals surface area contributed by atoms with Crippen molar-refractivity contribution in [3.05, 3.63) is 71.6 Å². The molecular formula is C22H17N2O5-. The van der Waals surface area contributed by atoms with Crippen LogP contribution in [0.15, 0.2) is 65.1 Å². The molecule has 0 unspecified atom stereocenters. The Morgan fingerprint density at radius 1 is 1.03 bits per heavy atom. The molecule has 4 rings (SSSR count). The van der Waals surface area contributed by atoms with Gasteiger partial charge in [-0.25, -0.2) is 0 Å². The molecule has 0 spiro atoms. The summed E-state index contributed by atoms with van der Waals surface area (Å²) in [6.45, 7) is 1.08. The summed E-state index contributed by atoms with van der Waals surface area (Å²) >= 11 is 0. The third-order valence-corrected chi connectivity index (χ3v) is 4.16. The second-order valence-corrected chi connectivity index (χ2v) is 6.30. The van der Waals surface area contributed by atoms with Crippen LogP contribution in [0.5, 0.6) is 0 Å². The number of benzene rings is 3. The highest BCUT2D eigenvalue weighted by Crippen LogP contribution is 2.41. The van der Waals surface area contributed by atoms with Gasteiger partial charge in [-0.3, -0.25) is 4.79 Å². The molecule has 1 aliphatic heterocycles. The van der Waals surface area contributed by atoms with Crippen LogP contribution in [0.25, 0.3) is 33.4 Å². The van der Waals surface area contributed by atoms with Crippen molar-refractivity contribution in [2.45, 2.75) is 6.92 Å². The van der Waals surface area contributed by atoms with E-state index >= 15 is 0 Å². The van der Waals surface area contributed by atoms with Gasteiger partial charge in [0.25, 0.3) is 5.97 Å². The lowest BCUT2D eigenvalue weighted by Crippen LogP contribution is -2.23. The Kier molecular flexibility index (Phi) is 5.32. The minimum absolute atomic E-state index is 0.100. The quantitative estimate of drug-likeness (QED) is 0.356. The monoisotopic (exact) mass is 389 g/mol. The normalized spacial score (nSPS) is 10.4. The highest BCUT2D eigenvalue weighted by Gasteiger charge is 2.19. The number of rotatable bonds is 2. The number of hydrogen-bond acceptors (Lipinski definition) is 6. The SMILES string of the molecule is CC(=O)O.N=c1ccc2c(-c3ccccc3C(=O)[O-])c3ccc(N)cc3oc-2c1. The maximum absolute atomic E-state index is 11.6. The molecule has 4 N–H and O–H groups in total. The maximum Gasteiger partial charge on any atom is 0.300 e. The number of carbonyl (C=O) groups excluding carboxylic acids is 1. The van der Waals surface area contributed by atoms with Gasteiger partial charge in [0.05, 0.1) is 11.3 Å². The number of fused-ring (bicyclic) bond motifs is 2. The molecule has 2 aromatic rings. The van der Waals surface area contributed by atoms with E-state index in [1.807, 2.05) is 6.07 Å². The third kappa shape index (κ3) is 4.08. The summed E-state index contributed by atoms with van der Waals surface area (Å²) in [7, 11) is 0. The van der Waals surface area contributed by atoms with Crippen LogP contribution in [0, 0.1) is 5.41 Å². The fourth-order valence-corrected chi connectivity index (χ4v) is 3.08. The molecule has 146 valence electrons. The summed E-state index contributed by atoms with van der Waals surface area (Å²) in [4.78, 5) is 20.6. The summed E-state index contributed by atoms with van der Waals surface area (Å²) in [5.74, 6) is -1.58. The average molecular weight is 389 g/mol. The maximum atomic E-state index is 11.6. The van der Waals surface area contributed by atoms with Gasteiger partial charge in [-0.05, 0) is 29.8 Å². The molecule has 2 aliphatic rings. The smallest absolute Gasteiger partial charge is 0.300 e. The third-order valence-electron chi connectivity index (χ3n) is 4.16. The molecule has 0 radical (unpaired) electrons. The molecule has 0 atom stereocenters. The van der Waals surface area contributed by atoms with Crippen LogP contribution in [0.4, 0.5) is 5.69 Å². The number of aliphatic carboxylic acids is 1. The van der Waals surface area contributed by atoms with E-state index in [-0.39, 0.29) is 5.56 Å². The standard InChI is InChI=1S/C20H14N2O3.C2H4O2/c21-11-5-7-15-17(9-11)25-18-10-12(22)6-8-16(18)19(15)13-3-1-2-4-14(13)20(23)24;1-2(3)4/h1-10,21H,22H2,(H,23,24);1H3,(H,3,4)/p-1. The number of hydrogen-bond donors (Lipinski definition) is 3. The summed E-state index contributed by atoms with van der Waals surface area (Å²) < 4.78 is 5.91. The zero-order valence-corrected chi connectivity index (χ0v) is 15.4. The van der Waals surface area contributed by atoms with Gasteiger partial charge in [-0.15, -0.1) is 0 Å². The minimum Gasteiger partial charge on any atom is -0.545 e. The molecule has 0 bridgehead atoms. The molecule has 0 fully saturated rings. The largest absolute Gasteiger partial charge is 0.545 e. The number of anilines is 1. The lowest BCUT2D eigenvalue weighted by atomic mass is 9.91. The molecule has 0 saturated carbocycles. The Morgan fingerprint density at radius 2 is 1.72 bits per heavy atom. The molecule has 1 heterocycles. The molecule has 0 saturated heterocycles. The summed E-state index contributed by atoms with van der Waals surface area (Å²) in [5.41, 5.74) is 9.01. The Morgan fingerprint density at radius 3 is 2.41 bits per heavy atom. The highest BCUT2D eigenvalue weighted by molar-refractivity contribution is 6.07. The number of aromatic carboxylic acids is 1. The number of nitrogen functional groups attached to an aromatic ring is 1. The van der Waals surface area contributed by atoms with E-state index in [0.717, 1.165) is 23.4 Å². The first-order chi connectivity index (χ1) is 13.8. The van der Waals surface area contributed by atoms with Gasteiger partial charge in [0.1, 0.15) is 11.3 Å². The first-order valence-electron chi connectivity index (χ1n) is 8.59. The molecule has 0 aromatic heterocycles. The fourth-order valence-electron chi connectivity index (χ4n) is 3.08. The predicted octanol–water partition coefficient (Wildman–Crippen LogP) is 2.72. The van der Waals surface area contributed by atoms with E-state index in [9.17, 15) is 9.90 Å². The van der Waals surface area contributed by atoms with E-state index in [0.29, 0.717) is 28.0 Å². The lowest BCUT2D eigenvalue weighted by Gasteiger charge is -2.18. The Labute approximate surface area is 165 Å². The topological polar surface area (TPSA) is 140 Å². The minimum atomic E-state index is -1.25. The second kappa shape index (κ2) is 7.85. The average Bonchev–Trinajstić information content (AvgIpc) is 2.65. The number of nitrogens with two attached hydrogens (primary N) is 1. The van der Waals surface area contributed by atoms with Crippen LogP contribution in [0.3, 0.4) is 0 Å². The van der Waals surface area contributed by atoms with Crippen molar-refractivity contribution in [1.82, 2.24) is 0 Å². The van der Waals surface area contributed by atoms with Gasteiger partial charge in [0.15, 0.2) is 0 Å². The van der Waals surface area contributed by atoms with Crippen molar-refractivity contribution >= 4 is 28.6 Å². The van der Waals surface area contributed by atoms with Gasteiger partial charge < -0.3 is 30.6 Å². The Bertz CT molecular complexity index is 1260. The predicted molar refractivity (Wildman–Crippen MR) is 106 cm³/mol. The Balaban J connectivity index is 0.000000552. The van der Waals surface area contributed by atoms with Crippen LogP contribution >= 0.6 is 0 Å². The zero-order chi connectivity index (χ0) is 21.1. The summed E-state index contributed by atoms with van der Waals surface area (Å²) in [6, 6.07) is 16.9.